The molecule has 1 nitrogen and oxygen atoms in total. The standard InChI is InChI=1S/C4H7ClOS/c1-3(5)7-4(2)6/h3H,1-2H3. The molecule has 0 amide bonds. The summed E-state index contributed by atoms with van der Waals surface area (Å²) in [7, 11) is 0. The predicted octanol–water partition coefficient (Wildman–Crippen LogP) is 1.85. The van der Waals surface area contributed by atoms with E-state index in [4.69, 9.17) is 11.6 Å². The first-order valence-electron chi connectivity index (χ1n) is 1.94. The number of rotatable bonds is 1. The Morgan fingerprint density at radius 3 is 2.29 bits per heavy atom. The van der Waals surface area contributed by atoms with E-state index in [2.05, 4.69) is 0 Å². The van der Waals surface area contributed by atoms with Gasteiger partial charge in [0.25, 0.3) is 0 Å². The minimum Gasteiger partial charge on any atom is -0.287 e. The first-order chi connectivity index (χ1) is 3.13. The summed E-state index contributed by atoms with van der Waals surface area (Å²) in [4.78, 5) is 10.1. The third-order valence-corrected chi connectivity index (χ3v) is 1.25. The second kappa shape index (κ2) is 3.33. The second-order valence-corrected chi connectivity index (χ2v) is 3.58. The number of carbonyl (C=O) groups excluding carboxylic acids is 1. The maximum Gasteiger partial charge on any atom is 0.187 e. The van der Waals surface area contributed by atoms with Crippen molar-refractivity contribution >= 4 is 28.5 Å². The van der Waals surface area contributed by atoms with Crippen molar-refractivity contribution in [1.29, 1.82) is 0 Å². The largest absolute Gasteiger partial charge is 0.287 e. The Bertz CT molecular complexity index is 72.1. The highest BCUT2D eigenvalue weighted by molar-refractivity contribution is 8.14. The summed E-state index contributed by atoms with van der Waals surface area (Å²) in [5.74, 6) is 0. The monoisotopic (exact) mass is 138 g/mol. The van der Waals surface area contributed by atoms with E-state index in [-0.39, 0.29) is 9.82 Å². The summed E-state index contributed by atoms with van der Waals surface area (Å²) in [5, 5.41) is 0.0718. The summed E-state index contributed by atoms with van der Waals surface area (Å²) < 4.78 is -0.0856. The van der Waals surface area contributed by atoms with Gasteiger partial charge in [0, 0.05) is 6.92 Å². The Labute approximate surface area is 52.4 Å². The highest BCUT2D eigenvalue weighted by Crippen LogP contribution is 2.13. The van der Waals surface area contributed by atoms with Crippen molar-refractivity contribution in [2.75, 3.05) is 0 Å². The fourth-order valence-corrected chi connectivity index (χ4v) is 1.06. The van der Waals surface area contributed by atoms with Gasteiger partial charge in [-0.3, -0.25) is 4.79 Å². The van der Waals surface area contributed by atoms with Gasteiger partial charge in [0.2, 0.25) is 0 Å². The van der Waals surface area contributed by atoms with Crippen molar-refractivity contribution in [2.24, 2.45) is 0 Å². The predicted molar refractivity (Wildman–Crippen MR) is 33.6 cm³/mol. The van der Waals surface area contributed by atoms with Crippen molar-refractivity contribution in [3.8, 4) is 0 Å². The second-order valence-electron chi connectivity index (χ2n) is 1.15. The molecule has 0 bridgehead atoms. The van der Waals surface area contributed by atoms with Gasteiger partial charge in [-0.05, 0) is 6.92 Å². The Balaban J connectivity index is 3.13. The third-order valence-electron chi connectivity index (χ3n) is 0.328. The highest BCUT2D eigenvalue weighted by atomic mass is 35.5. The summed E-state index contributed by atoms with van der Waals surface area (Å²) in [6, 6.07) is 0. The van der Waals surface area contributed by atoms with Crippen LogP contribution in [-0.4, -0.2) is 9.82 Å². The number of carbonyl (C=O) groups is 1. The van der Waals surface area contributed by atoms with Gasteiger partial charge in [-0.25, -0.2) is 0 Å². The van der Waals surface area contributed by atoms with Crippen LogP contribution >= 0.6 is 23.4 Å². The van der Waals surface area contributed by atoms with Gasteiger partial charge in [-0.2, -0.15) is 0 Å². The zero-order valence-electron chi connectivity index (χ0n) is 4.27. The van der Waals surface area contributed by atoms with Crippen molar-refractivity contribution < 1.29 is 4.79 Å². The number of thioether (sulfide) groups is 1. The third kappa shape index (κ3) is 6.31. The van der Waals surface area contributed by atoms with Crippen molar-refractivity contribution in [3.63, 3.8) is 0 Å². The number of hydrogen-bond acceptors (Lipinski definition) is 2. The molecule has 1 atom stereocenters. The molecule has 0 aromatic rings. The number of halogens is 1. The lowest BCUT2D eigenvalue weighted by molar-refractivity contribution is -0.109. The zero-order chi connectivity index (χ0) is 5.86. The maximum atomic E-state index is 10.1. The first kappa shape index (κ1) is 7.31. The molecule has 0 radical (unpaired) electrons. The van der Waals surface area contributed by atoms with E-state index in [9.17, 15) is 4.79 Å². The van der Waals surface area contributed by atoms with Crippen molar-refractivity contribution in [1.82, 2.24) is 0 Å². The molecule has 42 valence electrons. The number of hydrogen-bond donors (Lipinski definition) is 0. The minimum atomic E-state index is -0.0856. The fourth-order valence-electron chi connectivity index (χ4n) is 0.229. The van der Waals surface area contributed by atoms with E-state index < -0.39 is 0 Å². The molecule has 1 unspecified atom stereocenters. The molecule has 0 aliphatic carbocycles. The SMILES string of the molecule is CC(=O)SC(C)Cl. The zero-order valence-corrected chi connectivity index (χ0v) is 5.84. The molecule has 7 heavy (non-hydrogen) atoms. The Kier molecular flexibility index (Phi) is 3.48. The van der Waals surface area contributed by atoms with Crippen LogP contribution in [0.3, 0.4) is 0 Å². The minimum absolute atomic E-state index is 0.0718. The lowest BCUT2D eigenvalue weighted by Crippen LogP contribution is -1.87. The van der Waals surface area contributed by atoms with Crippen LogP contribution in [0.2, 0.25) is 0 Å². The quantitative estimate of drug-likeness (QED) is 0.515. The van der Waals surface area contributed by atoms with Crippen LogP contribution < -0.4 is 0 Å². The maximum absolute atomic E-state index is 10.1. The molecule has 0 aliphatic heterocycles. The molecular weight excluding hydrogens is 132 g/mol. The molecular formula is C4H7ClOS. The molecule has 0 spiro atoms. The lowest BCUT2D eigenvalue weighted by Gasteiger charge is -1.92. The molecule has 0 saturated carbocycles. The highest BCUT2D eigenvalue weighted by Gasteiger charge is 1.98. The van der Waals surface area contributed by atoms with E-state index in [0.717, 1.165) is 11.8 Å². The van der Waals surface area contributed by atoms with Gasteiger partial charge < -0.3 is 0 Å². The smallest absolute Gasteiger partial charge is 0.187 e. The molecule has 0 aromatic heterocycles. The summed E-state index contributed by atoms with van der Waals surface area (Å²) in [6.45, 7) is 3.27. The molecule has 0 heterocycles. The van der Waals surface area contributed by atoms with Crippen LogP contribution in [0.1, 0.15) is 13.8 Å². The van der Waals surface area contributed by atoms with E-state index in [1.165, 1.54) is 6.92 Å². The Morgan fingerprint density at radius 2 is 2.29 bits per heavy atom. The van der Waals surface area contributed by atoms with E-state index >= 15 is 0 Å². The van der Waals surface area contributed by atoms with Gasteiger partial charge in [0.15, 0.2) is 5.12 Å². The lowest BCUT2D eigenvalue weighted by atomic mass is 10.9. The molecule has 0 N–H and O–H groups in total. The van der Waals surface area contributed by atoms with Crippen molar-refractivity contribution in [2.45, 2.75) is 18.6 Å². The van der Waals surface area contributed by atoms with Gasteiger partial charge in [-0.15, -0.1) is 11.6 Å². The normalized spacial score (nSPS) is 13.6. The van der Waals surface area contributed by atoms with Crippen LogP contribution in [-0.2, 0) is 4.79 Å². The molecule has 0 aromatic carbocycles. The molecule has 0 rings (SSSR count). The topological polar surface area (TPSA) is 17.1 Å². The van der Waals surface area contributed by atoms with Crippen molar-refractivity contribution in [3.05, 3.63) is 0 Å². The van der Waals surface area contributed by atoms with Crippen LogP contribution in [0.4, 0.5) is 0 Å². The Hall–Kier alpha value is 0.310. The van der Waals surface area contributed by atoms with Crippen LogP contribution in [0, 0.1) is 0 Å². The molecule has 0 aliphatic rings. The van der Waals surface area contributed by atoms with Gasteiger partial charge >= 0.3 is 0 Å². The first-order valence-corrected chi connectivity index (χ1v) is 3.26. The average molecular weight is 139 g/mol. The number of alkyl halides is 1. The van der Waals surface area contributed by atoms with Crippen LogP contribution in [0.5, 0.6) is 0 Å². The Morgan fingerprint density at radius 1 is 1.86 bits per heavy atom. The summed E-state index contributed by atoms with van der Waals surface area (Å²) >= 11 is 6.55. The molecule has 3 heteroatoms. The van der Waals surface area contributed by atoms with E-state index in [1.54, 1.807) is 6.92 Å². The van der Waals surface area contributed by atoms with E-state index in [0.29, 0.717) is 0 Å². The summed E-state index contributed by atoms with van der Waals surface area (Å²) in [5.41, 5.74) is 0. The van der Waals surface area contributed by atoms with Gasteiger partial charge in [0.05, 0.1) is 4.71 Å². The summed E-state index contributed by atoms with van der Waals surface area (Å²) in [6.07, 6.45) is 0. The fraction of sp³-hybridized carbons (Fsp3) is 0.750. The van der Waals surface area contributed by atoms with Gasteiger partial charge in [0.1, 0.15) is 0 Å². The molecule has 0 saturated heterocycles. The molecule has 0 fully saturated rings. The van der Waals surface area contributed by atoms with E-state index in [1.807, 2.05) is 0 Å². The van der Waals surface area contributed by atoms with Crippen LogP contribution in [0.15, 0.2) is 0 Å². The van der Waals surface area contributed by atoms with Gasteiger partial charge in [-0.1, -0.05) is 11.8 Å². The average Bonchev–Trinajstić information content (AvgIpc) is 1.27. The van der Waals surface area contributed by atoms with Crippen LogP contribution in [0.25, 0.3) is 0 Å².